The number of piperidine rings is 1. The number of thioether (sulfide) groups is 1. The van der Waals surface area contributed by atoms with Gasteiger partial charge in [0.15, 0.2) is 4.34 Å². The highest BCUT2D eigenvalue weighted by Crippen LogP contribution is 2.29. The first kappa shape index (κ1) is 18.5. The standard InChI is InChI=1S/C18H17ClN4O2S2/c19-12-8-20-17(21-9-12)25-13-4-3-7-23(10-13)16(24)11-26-18-22-14-5-1-2-6-15(14)27-18/h1-2,5-6,8-9,13H,3-4,7,10-11H2/t13-/m1/s1. The summed E-state index contributed by atoms with van der Waals surface area (Å²) < 4.78 is 7.86. The van der Waals surface area contributed by atoms with Crippen LogP contribution >= 0.6 is 34.7 Å². The van der Waals surface area contributed by atoms with Crippen molar-refractivity contribution in [1.29, 1.82) is 0 Å². The van der Waals surface area contributed by atoms with E-state index in [0.717, 1.165) is 33.9 Å². The van der Waals surface area contributed by atoms with E-state index in [0.29, 0.717) is 23.3 Å². The lowest BCUT2D eigenvalue weighted by Gasteiger charge is -2.32. The summed E-state index contributed by atoms with van der Waals surface area (Å²) in [4.78, 5) is 27.1. The summed E-state index contributed by atoms with van der Waals surface area (Å²) in [5.74, 6) is 0.480. The van der Waals surface area contributed by atoms with Crippen molar-refractivity contribution in [3.63, 3.8) is 0 Å². The van der Waals surface area contributed by atoms with E-state index in [9.17, 15) is 4.79 Å². The summed E-state index contributed by atoms with van der Waals surface area (Å²) in [6, 6.07) is 8.30. The number of halogens is 1. The molecule has 1 atom stereocenters. The average molecular weight is 421 g/mol. The van der Waals surface area contributed by atoms with Crippen molar-refractivity contribution in [2.45, 2.75) is 23.3 Å². The van der Waals surface area contributed by atoms with Gasteiger partial charge in [-0.3, -0.25) is 4.79 Å². The second kappa shape index (κ2) is 8.41. The van der Waals surface area contributed by atoms with E-state index in [2.05, 4.69) is 15.0 Å². The van der Waals surface area contributed by atoms with Crippen molar-refractivity contribution in [2.75, 3.05) is 18.8 Å². The molecular weight excluding hydrogens is 404 g/mol. The molecule has 0 aliphatic carbocycles. The maximum absolute atomic E-state index is 12.6. The van der Waals surface area contributed by atoms with Crippen molar-refractivity contribution in [1.82, 2.24) is 19.9 Å². The van der Waals surface area contributed by atoms with Crippen LogP contribution in [0.1, 0.15) is 12.8 Å². The van der Waals surface area contributed by atoms with Crippen molar-refractivity contribution >= 4 is 50.8 Å². The zero-order valence-corrected chi connectivity index (χ0v) is 16.8. The lowest BCUT2D eigenvalue weighted by atomic mass is 10.1. The molecule has 1 aliphatic heterocycles. The fourth-order valence-corrected chi connectivity index (χ4v) is 4.97. The fraction of sp³-hybridized carbons (Fsp3) is 0.333. The first-order valence-electron chi connectivity index (χ1n) is 8.58. The fourth-order valence-electron chi connectivity index (χ4n) is 2.90. The third-order valence-corrected chi connectivity index (χ3v) is 6.55. The van der Waals surface area contributed by atoms with Gasteiger partial charge in [-0.1, -0.05) is 35.5 Å². The van der Waals surface area contributed by atoms with Crippen LogP contribution in [0.3, 0.4) is 0 Å². The van der Waals surface area contributed by atoms with Gasteiger partial charge in [0.25, 0.3) is 0 Å². The third-order valence-electron chi connectivity index (χ3n) is 4.19. The first-order valence-corrected chi connectivity index (χ1v) is 10.8. The molecule has 0 unspecified atom stereocenters. The molecule has 1 aromatic carbocycles. The molecule has 2 aromatic heterocycles. The van der Waals surface area contributed by atoms with Gasteiger partial charge in [-0.25, -0.2) is 15.0 Å². The first-order chi connectivity index (χ1) is 13.2. The Labute approximate surface area is 169 Å². The minimum Gasteiger partial charge on any atom is -0.458 e. The topological polar surface area (TPSA) is 68.2 Å². The average Bonchev–Trinajstić information content (AvgIpc) is 3.11. The SMILES string of the molecule is O=C(CSc1nc2ccccc2s1)N1CCC[C@@H](Oc2ncc(Cl)cn2)C1. The van der Waals surface area contributed by atoms with Gasteiger partial charge in [-0.15, -0.1) is 11.3 Å². The normalized spacial score (nSPS) is 17.2. The van der Waals surface area contributed by atoms with E-state index in [1.165, 1.54) is 24.2 Å². The smallest absolute Gasteiger partial charge is 0.316 e. The molecule has 0 spiro atoms. The van der Waals surface area contributed by atoms with E-state index >= 15 is 0 Å². The zero-order chi connectivity index (χ0) is 18.6. The van der Waals surface area contributed by atoms with Gasteiger partial charge in [0.05, 0.1) is 39.9 Å². The molecule has 3 aromatic rings. The van der Waals surface area contributed by atoms with E-state index in [1.54, 1.807) is 11.3 Å². The highest BCUT2D eigenvalue weighted by atomic mass is 35.5. The number of para-hydroxylation sites is 1. The number of nitrogens with zero attached hydrogens (tertiary/aromatic N) is 4. The van der Waals surface area contributed by atoms with Crippen LogP contribution in [0.5, 0.6) is 6.01 Å². The number of thiazole rings is 1. The summed E-state index contributed by atoms with van der Waals surface area (Å²) in [5, 5.41) is 0.467. The van der Waals surface area contributed by atoms with Gasteiger partial charge < -0.3 is 9.64 Å². The van der Waals surface area contributed by atoms with Gasteiger partial charge in [-0.2, -0.15) is 0 Å². The quantitative estimate of drug-likeness (QED) is 0.583. The van der Waals surface area contributed by atoms with Crippen LogP contribution in [0.15, 0.2) is 41.0 Å². The Morgan fingerprint density at radius 1 is 1.33 bits per heavy atom. The lowest BCUT2D eigenvalue weighted by molar-refractivity contribution is -0.131. The Hall–Kier alpha value is -1.90. The number of benzene rings is 1. The van der Waals surface area contributed by atoms with Gasteiger partial charge in [0.2, 0.25) is 5.91 Å². The van der Waals surface area contributed by atoms with Gasteiger partial charge >= 0.3 is 6.01 Å². The summed E-state index contributed by atoms with van der Waals surface area (Å²) in [7, 11) is 0. The van der Waals surface area contributed by atoms with Crippen molar-refractivity contribution in [2.24, 2.45) is 0 Å². The number of rotatable bonds is 5. The van der Waals surface area contributed by atoms with Crippen molar-refractivity contribution in [3.8, 4) is 6.01 Å². The summed E-state index contributed by atoms with van der Waals surface area (Å²) in [6.45, 7) is 1.30. The maximum Gasteiger partial charge on any atom is 0.316 e. The molecule has 1 amide bonds. The van der Waals surface area contributed by atoms with Crippen molar-refractivity contribution < 1.29 is 9.53 Å². The van der Waals surface area contributed by atoms with E-state index in [1.807, 2.05) is 29.2 Å². The molecule has 0 bridgehead atoms. The number of likely N-dealkylation sites (tertiary alicyclic amines) is 1. The monoisotopic (exact) mass is 420 g/mol. The lowest BCUT2D eigenvalue weighted by Crippen LogP contribution is -2.45. The minimum atomic E-state index is -0.101. The second-order valence-electron chi connectivity index (χ2n) is 6.14. The molecule has 1 fully saturated rings. The molecule has 3 heterocycles. The molecule has 4 rings (SSSR count). The highest BCUT2D eigenvalue weighted by molar-refractivity contribution is 8.01. The Balaban J connectivity index is 1.32. The minimum absolute atomic E-state index is 0.101. The van der Waals surface area contributed by atoms with Crippen LogP contribution in [0.2, 0.25) is 5.02 Å². The van der Waals surface area contributed by atoms with Gasteiger partial charge in [-0.05, 0) is 25.0 Å². The van der Waals surface area contributed by atoms with Gasteiger partial charge in [0, 0.05) is 6.54 Å². The van der Waals surface area contributed by atoms with E-state index in [-0.39, 0.29) is 12.0 Å². The molecule has 9 heteroatoms. The molecule has 0 radical (unpaired) electrons. The Morgan fingerprint density at radius 2 is 2.15 bits per heavy atom. The maximum atomic E-state index is 12.6. The zero-order valence-electron chi connectivity index (χ0n) is 14.4. The predicted octanol–water partition coefficient (Wildman–Crippen LogP) is 3.90. The van der Waals surface area contributed by atoms with Gasteiger partial charge in [0.1, 0.15) is 6.10 Å². The predicted molar refractivity (Wildman–Crippen MR) is 108 cm³/mol. The second-order valence-corrected chi connectivity index (χ2v) is 8.83. The number of amides is 1. The summed E-state index contributed by atoms with van der Waals surface area (Å²) in [5.41, 5.74) is 0.979. The molecule has 140 valence electrons. The molecular formula is C18H17ClN4O2S2. The molecule has 0 N–H and O–H groups in total. The molecule has 27 heavy (non-hydrogen) atoms. The van der Waals surface area contributed by atoms with Crippen LogP contribution in [-0.4, -0.2) is 50.7 Å². The number of fused-ring (bicyclic) bond motifs is 1. The Kier molecular flexibility index (Phi) is 5.75. The number of hydrogen-bond donors (Lipinski definition) is 0. The van der Waals surface area contributed by atoms with Crippen LogP contribution < -0.4 is 4.74 Å². The largest absolute Gasteiger partial charge is 0.458 e. The Morgan fingerprint density at radius 3 is 2.96 bits per heavy atom. The van der Waals surface area contributed by atoms with E-state index < -0.39 is 0 Å². The van der Waals surface area contributed by atoms with Crippen LogP contribution in [0, 0.1) is 0 Å². The van der Waals surface area contributed by atoms with Crippen LogP contribution in [-0.2, 0) is 4.79 Å². The Bertz CT molecular complexity index is 902. The molecule has 1 aliphatic rings. The summed E-state index contributed by atoms with van der Waals surface area (Å²) >= 11 is 8.90. The molecule has 0 saturated carbocycles. The van der Waals surface area contributed by atoms with E-state index in [4.69, 9.17) is 16.3 Å². The highest BCUT2D eigenvalue weighted by Gasteiger charge is 2.25. The number of ether oxygens (including phenoxy) is 1. The van der Waals surface area contributed by atoms with Crippen LogP contribution in [0.25, 0.3) is 10.2 Å². The number of aromatic nitrogens is 3. The molecule has 1 saturated heterocycles. The number of carbonyl (C=O) groups is 1. The van der Waals surface area contributed by atoms with Crippen molar-refractivity contribution in [3.05, 3.63) is 41.7 Å². The number of carbonyl (C=O) groups excluding carboxylic acids is 1. The van der Waals surface area contributed by atoms with Crippen LogP contribution in [0.4, 0.5) is 0 Å². The number of hydrogen-bond acceptors (Lipinski definition) is 7. The summed E-state index contributed by atoms with van der Waals surface area (Å²) in [6.07, 6.45) is 4.68. The third kappa shape index (κ3) is 4.69. The molecule has 6 nitrogen and oxygen atoms in total.